The number of nitrogens with zero attached hydrogens (tertiary/aromatic N) is 1. The zero-order chi connectivity index (χ0) is 19.7. The monoisotopic (exact) mass is 433 g/mol. The van der Waals surface area contributed by atoms with Gasteiger partial charge < -0.3 is 10.1 Å². The van der Waals surface area contributed by atoms with Crippen molar-refractivity contribution >= 4 is 57.2 Å². The van der Waals surface area contributed by atoms with E-state index in [4.69, 9.17) is 27.9 Å². The van der Waals surface area contributed by atoms with Gasteiger partial charge in [0.1, 0.15) is 5.75 Å². The number of benzene rings is 2. The molecule has 6 nitrogen and oxygen atoms in total. The lowest BCUT2D eigenvalue weighted by atomic mass is 10.1. The summed E-state index contributed by atoms with van der Waals surface area (Å²) in [6.45, 7) is -0.0683. The molecule has 0 radical (unpaired) electrons. The molecule has 0 atom stereocenters. The van der Waals surface area contributed by atoms with Crippen molar-refractivity contribution in [3.05, 3.63) is 68.6 Å². The maximum absolute atomic E-state index is 12.5. The highest BCUT2D eigenvalue weighted by Gasteiger charge is 2.18. The van der Waals surface area contributed by atoms with Gasteiger partial charge >= 0.3 is 0 Å². The van der Waals surface area contributed by atoms with Gasteiger partial charge in [0.05, 0.1) is 5.69 Å². The zero-order valence-corrected chi connectivity index (χ0v) is 16.6. The average Bonchev–Trinajstić information content (AvgIpc) is 3.10. The zero-order valence-electron chi connectivity index (χ0n) is 14.3. The van der Waals surface area contributed by atoms with E-state index in [1.54, 1.807) is 36.5 Å². The maximum Gasteiger partial charge on any atom is 0.262 e. The Hall–Kier alpha value is -2.61. The first-order valence-corrected chi connectivity index (χ1v) is 9.82. The number of thiazole rings is 1. The van der Waals surface area contributed by atoms with Gasteiger partial charge in [0.25, 0.3) is 11.8 Å². The van der Waals surface area contributed by atoms with Crippen LogP contribution in [-0.4, -0.2) is 23.4 Å². The van der Waals surface area contributed by atoms with Crippen molar-refractivity contribution < 1.29 is 14.3 Å². The molecular weight excluding hydrogens is 421 g/mol. The number of rotatable bonds is 4. The normalized spacial score (nSPS) is 12.7. The third-order valence-electron chi connectivity index (χ3n) is 4.03. The Balaban J connectivity index is 1.45. The van der Waals surface area contributed by atoms with E-state index in [2.05, 4.69) is 15.6 Å². The fourth-order valence-electron chi connectivity index (χ4n) is 2.68. The molecule has 2 aromatic carbocycles. The van der Waals surface area contributed by atoms with Gasteiger partial charge in [-0.1, -0.05) is 29.3 Å². The first-order valence-electron chi connectivity index (χ1n) is 8.24. The molecule has 3 aromatic rings. The van der Waals surface area contributed by atoms with Gasteiger partial charge in [-0.15, -0.1) is 11.3 Å². The largest absolute Gasteiger partial charge is 0.482 e. The van der Waals surface area contributed by atoms with E-state index in [-0.39, 0.29) is 18.4 Å². The summed E-state index contributed by atoms with van der Waals surface area (Å²) < 4.78 is 5.34. The molecule has 2 heterocycles. The quantitative estimate of drug-likeness (QED) is 0.628. The smallest absolute Gasteiger partial charge is 0.262 e. The number of carbonyl (C=O) groups excluding carboxylic acids is 2. The molecule has 1 aromatic heterocycles. The van der Waals surface area contributed by atoms with Crippen LogP contribution in [0.25, 0.3) is 0 Å². The van der Waals surface area contributed by atoms with Gasteiger partial charge in [0.15, 0.2) is 11.7 Å². The summed E-state index contributed by atoms with van der Waals surface area (Å²) >= 11 is 13.5. The summed E-state index contributed by atoms with van der Waals surface area (Å²) in [6, 6.07) is 10.2. The summed E-state index contributed by atoms with van der Waals surface area (Å²) in [5, 5.41) is 7.12. The van der Waals surface area contributed by atoms with Crippen molar-refractivity contribution in [1.82, 2.24) is 4.98 Å². The highest BCUT2D eigenvalue weighted by molar-refractivity contribution is 7.15. The second-order valence-electron chi connectivity index (χ2n) is 6.05. The van der Waals surface area contributed by atoms with Crippen LogP contribution in [0.3, 0.4) is 0 Å². The number of nitrogens with one attached hydrogen (secondary N) is 2. The summed E-state index contributed by atoms with van der Waals surface area (Å²) in [5.41, 5.74) is 1.89. The van der Waals surface area contributed by atoms with Crippen LogP contribution in [0.5, 0.6) is 5.75 Å². The highest BCUT2D eigenvalue weighted by Crippen LogP contribution is 2.30. The molecule has 0 unspecified atom stereocenters. The summed E-state index contributed by atoms with van der Waals surface area (Å²) in [4.78, 5) is 29.0. The highest BCUT2D eigenvalue weighted by atomic mass is 35.5. The predicted octanol–water partition coefficient (Wildman–Crippen LogP) is 4.62. The summed E-state index contributed by atoms with van der Waals surface area (Å²) in [7, 11) is 0. The van der Waals surface area contributed by atoms with Crippen molar-refractivity contribution in [2.45, 2.75) is 6.42 Å². The van der Waals surface area contributed by atoms with Gasteiger partial charge in [0.2, 0.25) is 0 Å². The molecule has 0 spiro atoms. The van der Waals surface area contributed by atoms with Crippen molar-refractivity contribution in [1.29, 1.82) is 0 Å². The van der Waals surface area contributed by atoms with Gasteiger partial charge in [-0.25, -0.2) is 4.98 Å². The molecule has 0 bridgehead atoms. The van der Waals surface area contributed by atoms with Gasteiger partial charge in [-0.05, 0) is 35.9 Å². The van der Waals surface area contributed by atoms with Crippen LogP contribution in [0.15, 0.2) is 42.6 Å². The Morgan fingerprint density at radius 3 is 2.93 bits per heavy atom. The molecule has 142 valence electrons. The molecule has 28 heavy (non-hydrogen) atoms. The number of halogens is 2. The number of amides is 2. The molecule has 2 amide bonds. The number of ether oxygens (including phenoxy) is 1. The average molecular weight is 434 g/mol. The molecule has 0 saturated carbocycles. The number of carbonyl (C=O) groups is 2. The Morgan fingerprint density at radius 2 is 2.11 bits per heavy atom. The molecule has 1 aliphatic rings. The van der Waals surface area contributed by atoms with Crippen molar-refractivity contribution in [2.24, 2.45) is 0 Å². The first kappa shape index (κ1) is 18.7. The number of aromatic nitrogens is 1. The molecule has 0 fully saturated rings. The fourth-order valence-corrected chi connectivity index (χ4v) is 3.99. The first-order chi connectivity index (χ1) is 13.5. The van der Waals surface area contributed by atoms with E-state index in [0.29, 0.717) is 38.6 Å². The van der Waals surface area contributed by atoms with E-state index in [9.17, 15) is 9.59 Å². The van der Waals surface area contributed by atoms with Crippen molar-refractivity contribution in [3.63, 3.8) is 0 Å². The summed E-state index contributed by atoms with van der Waals surface area (Å²) in [5.74, 6) is -0.0704. The molecule has 1 aliphatic heterocycles. The minimum Gasteiger partial charge on any atom is -0.482 e. The van der Waals surface area contributed by atoms with E-state index >= 15 is 0 Å². The topological polar surface area (TPSA) is 80.3 Å². The lowest BCUT2D eigenvalue weighted by Crippen LogP contribution is -2.25. The summed E-state index contributed by atoms with van der Waals surface area (Å²) in [6.07, 6.45) is 2.30. The van der Waals surface area contributed by atoms with Crippen LogP contribution in [-0.2, 0) is 11.2 Å². The number of fused-ring (bicyclic) bond motifs is 1. The van der Waals surface area contributed by atoms with Gasteiger partial charge in [-0.2, -0.15) is 0 Å². The Morgan fingerprint density at radius 1 is 1.25 bits per heavy atom. The molecule has 0 saturated heterocycles. The maximum atomic E-state index is 12.5. The van der Waals surface area contributed by atoms with E-state index in [1.165, 1.54) is 11.3 Å². The Labute approximate surface area is 174 Å². The predicted molar refractivity (Wildman–Crippen MR) is 110 cm³/mol. The molecule has 0 aliphatic carbocycles. The van der Waals surface area contributed by atoms with E-state index in [0.717, 1.165) is 10.4 Å². The van der Waals surface area contributed by atoms with E-state index < -0.39 is 0 Å². The van der Waals surface area contributed by atoms with Crippen LogP contribution < -0.4 is 15.4 Å². The molecule has 2 N–H and O–H groups in total. The third kappa shape index (κ3) is 4.11. The second-order valence-corrected chi connectivity index (χ2v) is 8.00. The lowest BCUT2D eigenvalue weighted by molar-refractivity contribution is -0.118. The third-order valence-corrected chi connectivity index (χ3v) is 5.53. The Bertz CT molecular complexity index is 1080. The van der Waals surface area contributed by atoms with Crippen LogP contribution in [0.2, 0.25) is 10.0 Å². The van der Waals surface area contributed by atoms with Crippen molar-refractivity contribution in [3.8, 4) is 5.75 Å². The number of hydrogen-bond donors (Lipinski definition) is 2. The molecule has 4 rings (SSSR count). The number of anilines is 2. The SMILES string of the molecule is O=C1COc2cc(C(=O)Nc3ncc(Cc4ccc(Cl)cc4Cl)s3)ccc2N1. The van der Waals surface area contributed by atoms with Crippen molar-refractivity contribution in [2.75, 3.05) is 17.2 Å². The second kappa shape index (κ2) is 7.79. The fraction of sp³-hybridized carbons (Fsp3) is 0.105. The van der Waals surface area contributed by atoms with Gasteiger partial charge in [0, 0.05) is 33.1 Å². The minimum atomic E-state index is -0.311. The number of hydrogen-bond acceptors (Lipinski definition) is 5. The molecule has 9 heteroatoms. The van der Waals surface area contributed by atoms with Crippen LogP contribution in [0, 0.1) is 0 Å². The Kier molecular flexibility index (Phi) is 5.21. The van der Waals surface area contributed by atoms with Crippen LogP contribution >= 0.6 is 34.5 Å². The van der Waals surface area contributed by atoms with Gasteiger partial charge in [-0.3, -0.25) is 14.9 Å². The van der Waals surface area contributed by atoms with E-state index in [1.807, 2.05) is 6.07 Å². The minimum absolute atomic E-state index is 0.0683. The van der Waals surface area contributed by atoms with Crippen LogP contribution in [0.4, 0.5) is 10.8 Å². The standard InChI is InChI=1S/C19H13Cl2N3O3S/c20-12-3-1-10(14(21)7-12)5-13-8-22-19(28-13)24-18(26)11-2-4-15-16(6-11)27-9-17(25)23-15/h1-4,6-8H,5,9H2,(H,23,25)(H,22,24,26). The lowest BCUT2D eigenvalue weighted by Gasteiger charge is -2.18. The van der Waals surface area contributed by atoms with Crippen LogP contribution in [0.1, 0.15) is 20.8 Å². The molecular formula is C19H13Cl2N3O3S.